The lowest BCUT2D eigenvalue weighted by Crippen LogP contribution is -2.55. The summed E-state index contributed by atoms with van der Waals surface area (Å²) in [6, 6.07) is 10.0. The number of aromatic nitrogens is 2. The molecule has 0 radical (unpaired) electrons. The van der Waals surface area contributed by atoms with Crippen LogP contribution in [0, 0.1) is 0 Å². The summed E-state index contributed by atoms with van der Waals surface area (Å²) in [6.45, 7) is 2.29. The Labute approximate surface area is 153 Å². The van der Waals surface area contributed by atoms with Crippen molar-refractivity contribution in [3.8, 4) is 5.75 Å². The van der Waals surface area contributed by atoms with Gasteiger partial charge in [0.25, 0.3) is 0 Å². The van der Waals surface area contributed by atoms with Gasteiger partial charge in [-0.3, -0.25) is 9.48 Å². The Bertz CT molecular complexity index is 762. The number of hydrogen-bond donors (Lipinski definition) is 2. The van der Waals surface area contributed by atoms with Crippen LogP contribution in [0.5, 0.6) is 5.75 Å². The number of ether oxygens (including phenoxy) is 1. The second-order valence-corrected chi connectivity index (χ2v) is 7.40. The monoisotopic (exact) mass is 354 g/mol. The quantitative estimate of drug-likeness (QED) is 0.830. The van der Waals surface area contributed by atoms with Crippen molar-refractivity contribution in [1.29, 1.82) is 0 Å². The van der Waals surface area contributed by atoms with Crippen LogP contribution in [0.3, 0.4) is 0 Å². The first-order valence-corrected chi connectivity index (χ1v) is 9.33. The average molecular weight is 354 g/mol. The normalized spacial score (nSPS) is 20.3. The van der Waals surface area contributed by atoms with E-state index in [-0.39, 0.29) is 11.3 Å². The maximum Gasteiger partial charge on any atom is 0.248 e. The molecule has 2 N–H and O–H groups in total. The minimum Gasteiger partial charge on any atom is -0.496 e. The van der Waals surface area contributed by atoms with Crippen molar-refractivity contribution in [2.24, 2.45) is 0 Å². The molecule has 4 rings (SSSR count). The third-order valence-electron chi connectivity index (χ3n) is 5.92. The SMILES string of the molecule is COc1ccccc1C1(CNC(=O)C2(n3cccn3)CCNCC2)CC1. The minimum atomic E-state index is -0.592. The Morgan fingerprint density at radius 1 is 1.23 bits per heavy atom. The number of methoxy groups -OCH3 is 1. The van der Waals surface area contributed by atoms with Crippen molar-refractivity contribution < 1.29 is 9.53 Å². The van der Waals surface area contributed by atoms with Crippen LogP contribution in [-0.2, 0) is 15.7 Å². The number of carbonyl (C=O) groups excluding carboxylic acids is 1. The van der Waals surface area contributed by atoms with E-state index >= 15 is 0 Å². The molecule has 2 fully saturated rings. The Kier molecular flexibility index (Phi) is 4.44. The molecule has 1 aliphatic heterocycles. The molecule has 1 amide bonds. The van der Waals surface area contributed by atoms with Crippen LogP contribution in [-0.4, -0.2) is 42.4 Å². The summed E-state index contributed by atoms with van der Waals surface area (Å²) in [5.74, 6) is 0.978. The first kappa shape index (κ1) is 17.1. The van der Waals surface area contributed by atoms with Gasteiger partial charge in [-0.1, -0.05) is 18.2 Å². The van der Waals surface area contributed by atoms with Crippen molar-refractivity contribution in [2.75, 3.05) is 26.7 Å². The first-order chi connectivity index (χ1) is 12.7. The van der Waals surface area contributed by atoms with E-state index in [9.17, 15) is 4.79 Å². The van der Waals surface area contributed by atoms with Gasteiger partial charge in [-0.15, -0.1) is 0 Å². The molecule has 6 nitrogen and oxygen atoms in total. The van der Waals surface area contributed by atoms with E-state index in [0.29, 0.717) is 6.54 Å². The van der Waals surface area contributed by atoms with E-state index < -0.39 is 5.54 Å². The highest BCUT2D eigenvalue weighted by Crippen LogP contribution is 2.50. The van der Waals surface area contributed by atoms with Crippen LogP contribution >= 0.6 is 0 Å². The molecule has 2 heterocycles. The molecular formula is C20H26N4O2. The maximum atomic E-state index is 13.2. The van der Waals surface area contributed by atoms with Crippen molar-refractivity contribution in [1.82, 2.24) is 20.4 Å². The van der Waals surface area contributed by atoms with Gasteiger partial charge >= 0.3 is 0 Å². The highest BCUT2D eigenvalue weighted by molar-refractivity contribution is 5.84. The zero-order chi connectivity index (χ0) is 18.0. The number of nitrogens with one attached hydrogen (secondary N) is 2. The summed E-state index contributed by atoms with van der Waals surface area (Å²) in [5, 5.41) is 11.0. The molecular weight excluding hydrogens is 328 g/mol. The molecule has 0 spiro atoms. The highest BCUT2D eigenvalue weighted by atomic mass is 16.5. The zero-order valence-corrected chi connectivity index (χ0v) is 15.2. The second-order valence-electron chi connectivity index (χ2n) is 7.40. The maximum absolute atomic E-state index is 13.2. The Morgan fingerprint density at radius 2 is 2.00 bits per heavy atom. The molecule has 1 saturated carbocycles. The van der Waals surface area contributed by atoms with Gasteiger partial charge in [0, 0.05) is 29.9 Å². The highest BCUT2D eigenvalue weighted by Gasteiger charge is 2.48. The molecule has 0 atom stereocenters. The molecule has 2 aromatic rings. The number of para-hydroxylation sites is 1. The third kappa shape index (κ3) is 2.88. The van der Waals surface area contributed by atoms with Gasteiger partial charge in [-0.05, 0) is 50.9 Å². The average Bonchev–Trinajstić information content (AvgIpc) is 3.28. The van der Waals surface area contributed by atoms with Crippen molar-refractivity contribution in [2.45, 2.75) is 36.6 Å². The third-order valence-corrected chi connectivity index (χ3v) is 5.92. The molecule has 6 heteroatoms. The lowest BCUT2D eigenvalue weighted by molar-refractivity contribution is -0.132. The molecule has 26 heavy (non-hydrogen) atoms. The van der Waals surface area contributed by atoms with Crippen LogP contribution in [0.1, 0.15) is 31.2 Å². The van der Waals surface area contributed by atoms with Crippen LogP contribution < -0.4 is 15.4 Å². The number of piperidine rings is 1. The van der Waals surface area contributed by atoms with Crippen molar-refractivity contribution in [3.63, 3.8) is 0 Å². The van der Waals surface area contributed by atoms with Gasteiger partial charge < -0.3 is 15.4 Å². The number of amides is 1. The predicted octanol–water partition coefficient (Wildman–Crippen LogP) is 1.82. The molecule has 2 aliphatic rings. The van der Waals surface area contributed by atoms with E-state index in [1.807, 2.05) is 35.1 Å². The standard InChI is InChI=1S/C20H26N4O2/c1-26-17-6-3-2-5-16(17)19(7-8-19)15-22-18(25)20(9-12-21-13-10-20)24-14-4-11-23-24/h2-6,11,14,21H,7-10,12-13,15H2,1H3,(H,22,25). The lowest BCUT2D eigenvalue weighted by atomic mass is 9.86. The van der Waals surface area contributed by atoms with E-state index in [0.717, 1.165) is 44.5 Å². The Balaban J connectivity index is 1.52. The predicted molar refractivity (Wildman–Crippen MR) is 99.2 cm³/mol. The van der Waals surface area contributed by atoms with E-state index in [1.54, 1.807) is 13.3 Å². The van der Waals surface area contributed by atoms with Crippen molar-refractivity contribution >= 4 is 5.91 Å². The van der Waals surface area contributed by atoms with Crippen LogP contribution in [0.25, 0.3) is 0 Å². The molecule has 0 unspecified atom stereocenters. The fourth-order valence-corrected chi connectivity index (χ4v) is 4.11. The number of rotatable bonds is 6. The first-order valence-electron chi connectivity index (χ1n) is 9.33. The second kappa shape index (κ2) is 6.76. The fourth-order valence-electron chi connectivity index (χ4n) is 4.11. The molecule has 1 aromatic heterocycles. The molecule has 1 aromatic carbocycles. The fraction of sp³-hybridized carbons (Fsp3) is 0.500. The van der Waals surface area contributed by atoms with E-state index in [4.69, 9.17) is 4.74 Å². The largest absolute Gasteiger partial charge is 0.496 e. The lowest BCUT2D eigenvalue weighted by Gasteiger charge is -2.37. The molecule has 1 aliphatic carbocycles. The van der Waals surface area contributed by atoms with E-state index in [1.165, 1.54) is 5.56 Å². The number of benzene rings is 1. The molecule has 1 saturated heterocycles. The van der Waals surface area contributed by atoms with Gasteiger partial charge in [0.2, 0.25) is 5.91 Å². The number of carbonyl (C=O) groups is 1. The van der Waals surface area contributed by atoms with Crippen LogP contribution in [0.2, 0.25) is 0 Å². The summed E-state index contributed by atoms with van der Waals surface area (Å²) in [4.78, 5) is 13.2. The summed E-state index contributed by atoms with van der Waals surface area (Å²) in [6.07, 6.45) is 7.30. The van der Waals surface area contributed by atoms with Gasteiger partial charge in [-0.25, -0.2) is 0 Å². The number of hydrogen-bond acceptors (Lipinski definition) is 4. The van der Waals surface area contributed by atoms with E-state index in [2.05, 4.69) is 21.8 Å². The molecule has 138 valence electrons. The Hall–Kier alpha value is -2.34. The summed E-state index contributed by atoms with van der Waals surface area (Å²) < 4.78 is 7.38. The van der Waals surface area contributed by atoms with Gasteiger partial charge in [-0.2, -0.15) is 5.10 Å². The Morgan fingerprint density at radius 3 is 2.65 bits per heavy atom. The van der Waals surface area contributed by atoms with Crippen LogP contribution in [0.4, 0.5) is 0 Å². The summed E-state index contributed by atoms with van der Waals surface area (Å²) in [7, 11) is 1.70. The number of nitrogens with zero attached hydrogens (tertiary/aromatic N) is 2. The smallest absolute Gasteiger partial charge is 0.248 e. The van der Waals surface area contributed by atoms with Gasteiger partial charge in [0.05, 0.1) is 7.11 Å². The van der Waals surface area contributed by atoms with Crippen molar-refractivity contribution in [3.05, 3.63) is 48.3 Å². The van der Waals surface area contributed by atoms with Crippen LogP contribution in [0.15, 0.2) is 42.7 Å². The summed E-state index contributed by atoms with van der Waals surface area (Å²) >= 11 is 0. The zero-order valence-electron chi connectivity index (χ0n) is 15.2. The van der Waals surface area contributed by atoms with Gasteiger partial charge in [0.1, 0.15) is 11.3 Å². The topological polar surface area (TPSA) is 68.2 Å². The minimum absolute atomic E-state index is 0.000483. The van der Waals surface area contributed by atoms with Gasteiger partial charge in [0.15, 0.2) is 0 Å². The molecule has 0 bridgehead atoms. The summed E-state index contributed by atoms with van der Waals surface area (Å²) in [5.41, 5.74) is 0.604.